The lowest BCUT2D eigenvalue weighted by molar-refractivity contribution is 0.781. The third-order valence-corrected chi connectivity index (χ3v) is 3.30. The van der Waals surface area contributed by atoms with Gasteiger partial charge in [0, 0.05) is 29.9 Å². The maximum atomic E-state index is 9.07. The number of anilines is 1. The zero-order valence-corrected chi connectivity index (χ0v) is 11.7. The van der Waals surface area contributed by atoms with Gasteiger partial charge in [-0.1, -0.05) is 18.2 Å². The minimum Gasteiger partial charge on any atom is -0.370 e. The Balaban J connectivity index is 2.07. The van der Waals surface area contributed by atoms with Crippen molar-refractivity contribution >= 4 is 16.7 Å². The first-order valence-corrected chi connectivity index (χ1v) is 6.85. The molecule has 0 aliphatic carbocycles. The van der Waals surface area contributed by atoms with Gasteiger partial charge in [-0.25, -0.2) is 9.97 Å². The molecule has 0 bridgehead atoms. The summed E-state index contributed by atoms with van der Waals surface area (Å²) < 4.78 is 1.83. The fraction of sp³-hybridized carbons (Fsp3) is 0.188. The number of hydrogen-bond acceptors (Lipinski definition) is 4. The van der Waals surface area contributed by atoms with Crippen molar-refractivity contribution in [1.82, 2.24) is 14.5 Å². The van der Waals surface area contributed by atoms with Crippen molar-refractivity contribution < 1.29 is 0 Å². The van der Waals surface area contributed by atoms with Gasteiger partial charge >= 0.3 is 0 Å². The number of nitrogens with zero attached hydrogens (tertiary/aromatic N) is 4. The third-order valence-electron chi connectivity index (χ3n) is 3.30. The summed E-state index contributed by atoms with van der Waals surface area (Å²) in [5, 5.41) is 13.4. The number of pyridine rings is 1. The van der Waals surface area contributed by atoms with Gasteiger partial charge in [-0.15, -0.1) is 0 Å². The fourth-order valence-electron chi connectivity index (χ4n) is 2.33. The molecular weight excluding hydrogens is 262 g/mol. The number of fused-ring (bicyclic) bond motifs is 1. The Labute approximate surface area is 122 Å². The second kappa shape index (κ2) is 5.63. The van der Waals surface area contributed by atoms with Crippen LogP contribution >= 0.6 is 0 Å². The van der Waals surface area contributed by atoms with Gasteiger partial charge in [0.2, 0.25) is 5.82 Å². The number of nitriles is 1. The zero-order valence-electron chi connectivity index (χ0n) is 11.7. The van der Waals surface area contributed by atoms with Crippen LogP contribution in [0.25, 0.3) is 10.9 Å². The maximum Gasteiger partial charge on any atom is 0.213 e. The first-order chi connectivity index (χ1) is 10.3. The molecule has 5 heteroatoms. The highest BCUT2D eigenvalue weighted by Gasteiger charge is 2.09. The number of rotatable bonds is 4. The van der Waals surface area contributed by atoms with Crippen LogP contribution in [0.2, 0.25) is 0 Å². The molecule has 0 radical (unpaired) electrons. The number of benzene rings is 1. The van der Waals surface area contributed by atoms with E-state index in [1.807, 2.05) is 42.0 Å². The van der Waals surface area contributed by atoms with E-state index in [2.05, 4.69) is 27.4 Å². The normalized spacial score (nSPS) is 10.5. The monoisotopic (exact) mass is 277 g/mol. The van der Waals surface area contributed by atoms with Gasteiger partial charge in [-0.3, -0.25) is 0 Å². The number of nitrogens with one attached hydrogen (secondary N) is 1. The van der Waals surface area contributed by atoms with E-state index >= 15 is 0 Å². The minimum absolute atomic E-state index is 0.408. The van der Waals surface area contributed by atoms with Crippen molar-refractivity contribution in [3.05, 3.63) is 54.1 Å². The van der Waals surface area contributed by atoms with E-state index in [0.29, 0.717) is 12.4 Å². The lowest BCUT2D eigenvalue weighted by Crippen LogP contribution is -2.08. The summed E-state index contributed by atoms with van der Waals surface area (Å²) in [6.45, 7) is 3.41. The van der Waals surface area contributed by atoms with E-state index in [1.54, 1.807) is 6.20 Å². The molecule has 0 saturated carbocycles. The number of para-hydroxylation sites is 1. The standard InChI is InChI=1S/C16H15N5/c1-2-18-16-13(11-21-8-7-19-15(21)10-17)9-12-5-3-4-6-14(12)20-16/h3-9H,2,11H2,1H3,(H,18,20). The summed E-state index contributed by atoms with van der Waals surface area (Å²) >= 11 is 0. The molecule has 1 aromatic carbocycles. The summed E-state index contributed by atoms with van der Waals surface area (Å²) in [4.78, 5) is 8.70. The van der Waals surface area contributed by atoms with E-state index in [-0.39, 0.29) is 0 Å². The molecule has 3 aromatic rings. The summed E-state index contributed by atoms with van der Waals surface area (Å²) in [6, 6.07) is 12.2. The molecule has 0 atom stereocenters. The van der Waals surface area contributed by atoms with Crippen molar-refractivity contribution in [3.63, 3.8) is 0 Å². The van der Waals surface area contributed by atoms with Gasteiger partial charge < -0.3 is 9.88 Å². The van der Waals surface area contributed by atoms with Gasteiger partial charge in [0.1, 0.15) is 11.9 Å². The van der Waals surface area contributed by atoms with Crippen LogP contribution in [0.1, 0.15) is 18.3 Å². The Morgan fingerprint density at radius 3 is 3.00 bits per heavy atom. The number of aromatic nitrogens is 3. The van der Waals surface area contributed by atoms with E-state index in [4.69, 9.17) is 5.26 Å². The molecule has 1 N–H and O–H groups in total. The Morgan fingerprint density at radius 1 is 1.33 bits per heavy atom. The first-order valence-electron chi connectivity index (χ1n) is 6.85. The van der Waals surface area contributed by atoms with Gasteiger partial charge in [0.25, 0.3) is 0 Å². The molecule has 0 saturated heterocycles. The van der Waals surface area contributed by atoms with Crippen LogP contribution in [0.5, 0.6) is 0 Å². The minimum atomic E-state index is 0.408. The molecule has 0 unspecified atom stereocenters. The summed E-state index contributed by atoms with van der Waals surface area (Å²) in [5.41, 5.74) is 2.01. The topological polar surface area (TPSA) is 66.5 Å². The van der Waals surface area contributed by atoms with Crippen molar-refractivity contribution in [2.75, 3.05) is 11.9 Å². The average molecular weight is 277 g/mol. The zero-order chi connectivity index (χ0) is 14.7. The Morgan fingerprint density at radius 2 is 2.19 bits per heavy atom. The predicted molar refractivity (Wildman–Crippen MR) is 82.0 cm³/mol. The molecule has 0 fully saturated rings. The van der Waals surface area contributed by atoms with Crippen molar-refractivity contribution in [3.8, 4) is 6.07 Å². The Hall–Kier alpha value is -2.87. The quantitative estimate of drug-likeness (QED) is 0.796. The largest absolute Gasteiger partial charge is 0.370 e. The molecular formula is C16H15N5. The second-order valence-corrected chi connectivity index (χ2v) is 4.71. The van der Waals surface area contributed by atoms with E-state index in [1.165, 1.54) is 0 Å². The third kappa shape index (κ3) is 2.56. The molecule has 104 valence electrons. The second-order valence-electron chi connectivity index (χ2n) is 4.71. The molecule has 0 amide bonds. The van der Waals surface area contributed by atoms with Crippen LogP contribution in [-0.4, -0.2) is 21.1 Å². The van der Waals surface area contributed by atoms with Crippen LogP contribution in [-0.2, 0) is 6.54 Å². The lowest BCUT2D eigenvalue weighted by Gasteiger charge is -2.12. The van der Waals surface area contributed by atoms with Gasteiger partial charge in [0.05, 0.1) is 12.1 Å². The van der Waals surface area contributed by atoms with E-state index < -0.39 is 0 Å². The van der Waals surface area contributed by atoms with Crippen LogP contribution in [0.15, 0.2) is 42.7 Å². The number of imidazole rings is 1. The molecule has 21 heavy (non-hydrogen) atoms. The molecule has 0 aliphatic rings. The molecule has 5 nitrogen and oxygen atoms in total. The Kier molecular flexibility index (Phi) is 3.52. The fourth-order valence-corrected chi connectivity index (χ4v) is 2.33. The predicted octanol–water partition coefficient (Wildman–Crippen LogP) is 2.78. The highest BCUT2D eigenvalue weighted by atomic mass is 15.1. The van der Waals surface area contributed by atoms with E-state index in [9.17, 15) is 0 Å². The highest BCUT2D eigenvalue weighted by molar-refractivity contribution is 5.81. The van der Waals surface area contributed by atoms with Crippen molar-refractivity contribution in [2.24, 2.45) is 0 Å². The molecule has 2 heterocycles. The van der Waals surface area contributed by atoms with Gasteiger partial charge in [-0.05, 0) is 19.1 Å². The van der Waals surface area contributed by atoms with Crippen molar-refractivity contribution in [2.45, 2.75) is 13.5 Å². The maximum absolute atomic E-state index is 9.07. The molecule has 2 aromatic heterocycles. The van der Waals surface area contributed by atoms with Crippen LogP contribution < -0.4 is 5.32 Å². The van der Waals surface area contributed by atoms with Crippen molar-refractivity contribution in [1.29, 1.82) is 5.26 Å². The van der Waals surface area contributed by atoms with Gasteiger partial charge in [0.15, 0.2) is 0 Å². The number of hydrogen-bond donors (Lipinski definition) is 1. The van der Waals surface area contributed by atoms with Gasteiger partial charge in [-0.2, -0.15) is 5.26 Å². The smallest absolute Gasteiger partial charge is 0.213 e. The van der Waals surface area contributed by atoms with E-state index in [0.717, 1.165) is 28.8 Å². The van der Waals surface area contributed by atoms with Crippen LogP contribution in [0, 0.1) is 11.3 Å². The molecule has 0 spiro atoms. The lowest BCUT2D eigenvalue weighted by atomic mass is 10.1. The SMILES string of the molecule is CCNc1nc2ccccc2cc1Cn1ccnc1C#N. The highest BCUT2D eigenvalue weighted by Crippen LogP contribution is 2.21. The first kappa shape index (κ1) is 13.1. The molecule has 3 rings (SSSR count). The summed E-state index contributed by atoms with van der Waals surface area (Å²) in [5.74, 6) is 1.26. The summed E-state index contributed by atoms with van der Waals surface area (Å²) in [6.07, 6.45) is 3.45. The summed E-state index contributed by atoms with van der Waals surface area (Å²) in [7, 11) is 0. The Bertz CT molecular complexity index is 813. The average Bonchev–Trinajstić information content (AvgIpc) is 2.95. The molecule has 0 aliphatic heterocycles. The van der Waals surface area contributed by atoms with Crippen LogP contribution in [0.4, 0.5) is 5.82 Å². The van der Waals surface area contributed by atoms with Crippen LogP contribution in [0.3, 0.4) is 0 Å².